The van der Waals surface area contributed by atoms with Gasteiger partial charge in [-0.2, -0.15) is 0 Å². The van der Waals surface area contributed by atoms with Crippen molar-refractivity contribution in [3.63, 3.8) is 0 Å². The van der Waals surface area contributed by atoms with E-state index in [0.29, 0.717) is 25.4 Å². The Hall–Kier alpha value is -1.34. The Morgan fingerprint density at radius 3 is 2.78 bits per heavy atom. The lowest BCUT2D eigenvalue weighted by atomic mass is 10.2. The highest BCUT2D eigenvalue weighted by atomic mass is 35.5. The smallest absolute Gasteiger partial charge is 0.253 e. The first-order chi connectivity index (χ1) is 10.7. The highest BCUT2D eigenvalue weighted by molar-refractivity contribution is 5.93. The van der Waals surface area contributed by atoms with E-state index in [1.807, 2.05) is 0 Å². The summed E-state index contributed by atoms with van der Waals surface area (Å²) in [5.74, 6) is 0.555. The molecule has 2 unspecified atom stereocenters. The van der Waals surface area contributed by atoms with E-state index in [0.717, 1.165) is 25.2 Å². The van der Waals surface area contributed by atoms with Crippen LogP contribution in [0.2, 0.25) is 0 Å². The fourth-order valence-electron chi connectivity index (χ4n) is 2.16. The molecule has 1 saturated heterocycles. The molecule has 6 nitrogen and oxygen atoms in total. The van der Waals surface area contributed by atoms with Crippen LogP contribution in [0.25, 0.3) is 0 Å². The number of halogens is 1. The van der Waals surface area contributed by atoms with Gasteiger partial charge in [0.05, 0.1) is 12.7 Å². The van der Waals surface area contributed by atoms with Crippen molar-refractivity contribution in [2.75, 3.05) is 31.7 Å². The number of rotatable bonds is 8. The Labute approximate surface area is 143 Å². The van der Waals surface area contributed by atoms with Crippen LogP contribution in [0.4, 0.5) is 5.69 Å². The van der Waals surface area contributed by atoms with Crippen molar-refractivity contribution in [2.24, 2.45) is 5.73 Å². The minimum absolute atomic E-state index is 0. The Bertz CT molecular complexity index is 464. The van der Waals surface area contributed by atoms with Gasteiger partial charge in [-0.1, -0.05) is 0 Å². The predicted molar refractivity (Wildman–Crippen MR) is 91.3 cm³/mol. The van der Waals surface area contributed by atoms with Crippen LogP contribution in [0, 0.1) is 0 Å². The topological polar surface area (TPSA) is 82.8 Å². The number of hydrogen-bond donors (Lipinski definition) is 2. The average molecular weight is 345 g/mol. The first kappa shape index (κ1) is 19.7. The molecule has 0 spiro atoms. The maximum atomic E-state index is 12.0. The summed E-state index contributed by atoms with van der Waals surface area (Å²) in [4.78, 5) is 12.0. The van der Waals surface area contributed by atoms with E-state index in [2.05, 4.69) is 5.32 Å². The summed E-state index contributed by atoms with van der Waals surface area (Å²) in [7, 11) is 0. The monoisotopic (exact) mass is 344 g/mol. The van der Waals surface area contributed by atoms with Crippen LogP contribution in [-0.4, -0.2) is 44.5 Å². The van der Waals surface area contributed by atoms with E-state index in [9.17, 15) is 4.79 Å². The maximum absolute atomic E-state index is 12.0. The summed E-state index contributed by atoms with van der Waals surface area (Å²) in [6, 6.07) is 7.17. The normalized spacial score (nSPS) is 18.1. The number of carbonyl (C=O) groups is 1. The molecule has 7 heteroatoms. The van der Waals surface area contributed by atoms with E-state index in [1.54, 1.807) is 31.2 Å². The number of carbonyl (C=O) groups excluding carboxylic acids is 1. The first-order valence-corrected chi connectivity index (χ1v) is 7.66. The number of nitrogens with two attached hydrogens (primary N) is 1. The summed E-state index contributed by atoms with van der Waals surface area (Å²) in [5.41, 5.74) is 6.08. The molecule has 1 aliphatic heterocycles. The van der Waals surface area contributed by atoms with E-state index in [4.69, 9.17) is 19.9 Å². The van der Waals surface area contributed by atoms with Crippen molar-refractivity contribution in [3.05, 3.63) is 24.3 Å². The Morgan fingerprint density at radius 2 is 2.17 bits per heavy atom. The molecule has 3 N–H and O–H groups in total. The third-order valence-corrected chi connectivity index (χ3v) is 3.43. The lowest BCUT2D eigenvalue weighted by Gasteiger charge is -2.16. The Kier molecular flexibility index (Phi) is 8.94. The van der Waals surface area contributed by atoms with E-state index >= 15 is 0 Å². The van der Waals surface area contributed by atoms with Crippen LogP contribution >= 0.6 is 12.4 Å². The molecule has 0 radical (unpaired) electrons. The van der Waals surface area contributed by atoms with E-state index in [-0.39, 0.29) is 24.4 Å². The van der Waals surface area contributed by atoms with Crippen molar-refractivity contribution < 1.29 is 19.0 Å². The maximum Gasteiger partial charge on any atom is 0.253 e. The minimum atomic E-state index is -0.516. The van der Waals surface area contributed by atoms with Gasteiger partial charge in [-0.25, -0.2) is 0 Å². The van der Waals surface area contributed by atoms with Crippen molar-refractivity contribution in [1.82, 2.24) is 0 Å². The zero-order valence-electron chi connectivity index (χ0n) is 13.3. The van der Waals surface area contributed by atoms with Gasteiger partial charge in [-0.05, 0) is 44.0 Å². The number of nitrogens with one attached hydrogen (secondary N) is 1. The number of benzene rings is 1. The molecule has 1 aromatic rings. The molecule has 23 heavy (non-hydrogen) atoms. The Balaban J connectivity index is 0.00000264. The lowest BCUT2D eigenvalue weighted by Crippen LogP contribution is -2.30. The second-order valence-electron chi connectivity index (χ2n) is 5.26. The highest BCUT2D eigenvalue weighted by Crippen LogP contribution is 2.16. The average Bonchev–Trinajstić information content (AvgIpc) is 3.05. The fraction of sp³-hybridized carbons (Fsp3) is 0.562. The molecule has 2 atom stereocenters. The van der Waals surface area contributed by atoms with Gasteiger partial charge >= 0.3 is 0 Å². The lowest BCUT2D eigenvalue weighted by molar-refractivity contribution is -0.128. The van der Waals surface area contributed by atoms with E-state index < -0.39 is 6.10 Å². The second-order valence-corrected chi connectivity index (χ2v) is 5.26. The molecule has 1 amide bonds. The van der Waals surface area contributed by atoms with Crippen molar-refractivity contribution in [3.8, 4) is 5.75 Å². The molecule has 1 aliphatic rings. The number of anilines is 1. The summed E-state index contributed by atoms with van der Waals surface area (Å²) in [6.45, 7) is 3.93. The summed E-state index contributed by atoms with van der Waals surface area (Å²) >= 11 is 0. The van der Waals surface area contributed by atoms with Crippen molar-refractivity contribution >= 4 is 24.0 Å². The fourth-order valence-corrected chi connectivity index (χ4v) is 2.16. The number of amides is 1. The standard InChI is InChI=1S/C16H24N2O4.ClH/c1-12(22-11-15-3-2-9-20-15)16(19)18-13-4-6-14(7-5-13)21-10-8-17;/h4-7,12,15H,2-3,8-11,17H2,1H3,(H,18,19);1H. The minimum Gasteiger partial charge on any atom is -0.492 e. The van der Waals surface area contributed by atoms with Crippen LogP contribution in [0.1, 0.15) is 19.8 Å². The van der Waals surface area contributed by atoms with Crippen LogP contribution in [-0.2, 0) is 14.3 Å². The first-order valence-electron chi connectivity index (χ1n) is 7.66. The zero-order valence-corrected chi connectivity index (χ0v) is 14.1. The Morgan fingerprint density at radius 1 is 1.43 bits per heavy atom. The van der Waals surface area contributed by atoms with E-state index in [1.165, 1.54) is 0 Å². The number of ether oxygens (including phenoxy) is 3. The molecule has 2 rings (SSSR count). The molecule has 1 heterocycles. The molecule has 0 bridgehead atoms. The summed E-state index contributed by atoms with van der Waals surface area (Å²) in [6.07, 6.45) is 1.66. The highest BCUT2D eigenvalue weighted by Gasteiger charge is 2.19. The predicted octanol–water partition coefficient (Wildman–Crippen LogP) is 1.97. The van der Waals surface area contributed by atoms with Gasteiger partial charge in [0, 0.05) is 18.8 Å². The van der Waals surface area contributed by atoms with Gasteiger partial charge in [-0.3, -0.25) is 4.79 Å². The van der Waals surface area contributed by atoms with Gasteiger partial charge in [0.15, 0.2) is 0 Å². The van der Waals surface area contributed by atoms with Crippen molar-refractivity contribution in [1.29, 1.82) is 0 Å². The SMILES string of the molecule is CC(OCC1CCCO1)C(=O)Nc1ccc(OCCN)cc1.Cl. The molecule has 0 saturated carbocycles. The molecular weight excluding hydrogens is 320 g/mol. The largest absolute Gasteiger partial charge is 0.492 e. The quantitative estimate of drug-likeness (QED) is 0.753. The third-order valence-electron chi connectivity index (χ3n) is 3.43. The molecule has 0 aromatic heterocycles. The van der Waals surface area contributed by atoms with Gasteiger partial charge in [0.1, 0.15) is 18.5 Å². The van der Waals surface area contributed by atoms with Gasteiger partial charge < -0.3 is 25.3 Å². The molecular formula is C16H25ClN2O4. The molecule has 1 fully saturated rings. The van der Waals surface area contributed by atoms with Crippen LogP contribution in [0.15, 0.2) is 24.3 Å². The second kappa shape index (κ2) is 10.4. The molecule has 1 aromatic carbocycles. The van der Waals surface area contributed by atoms with Gasteiger partial charge in [0.25, 0.3) is 5.91 Å². The summed E-state index contributed by atoms with van der Waals surface area (Å²) < 4.78 is 16.4. The third kappa shape index (κ3) is 6.74. The van der Waals surface area contributed by atoms with Crippen LogP contribution in [0.5, 0.6) is 5.75 Å². The van der Waals surface area contributed by atoms with Crippen LogP contribution < -0.4 is 15.8 Å². The van der Waals surface area contributed by atoms with Crippen molar-refractivity contribution in [2.45, 2.75) is 32.0 Å². The van der Waals surface area contributed by atoms with Gasteiger partial charge in [-0.15, -0.1) is 12.4 Å². The molecule has 130 valence electrons. The zero-order chi connectivity index (χ0) is 15.8. The number of hydrogen-bond acceptors (Lipinski definition) is 5. The molecule has 0 aliphatic carbocycles. The summed E-state index contributed by atoms with van der Waals surface area (Å²) in [5, 5.41) is 2.82. The van der Waals surface area contributed by atoms with Gasteiger partial charge in [0.2, 0.25) is 0 Å². The van der Waals surface area contributed by atoms with Crippen LogP contribution in [0.3, 0.4) is 0 Å².